The van der Waals surface area contributed by atoms with Crippen LogP contribution >= 0.6 is 11.3 Å². The summed E-state index contributed by atoms with van der Waals surface area (Å²) in [4.78, 5) is 11.3. The number of rotatable bonds is 5. The van der Waals surface area contributed by atoms with Crippen LogP contribution in [-0.2, 0) is 4.79 Å². The van der Waals surface area contributed by atoms with Crippen LogP contribution < -0.4 is 11.1 Å². The highest BCUT2D eigenvalue weighted by molar-refractivity contribution is 7.15. The fourth-order valence-electron chi connectivity index (χ4n) is 0.914. The second kappa shape index (κ2) is 5.80. The van der Waals surface area contributed by atoms with E-state index in [2.05, 4.69) is 15.5 Å². The summed E-state index contributed by atoms with van der Waals surface area (Å²) in [6.45, 7) is 1.78. The first kappa shape index (κ1) is 12.9. The molecular formula is C8H12F2N4OS. The van der Waals surface area contributed by atoms with Crippen molar-refractivity contribution in [2.24, 2.45) is 5.73 Å². The highest BCUT2D eigenvalue weighted by Gasteiger charge is 2.15. The van der Waals surface area contributed by atoms with Crippen molar-refractivity contribution in [1.82, 2.24) is 10.2 Å². The molecule has 0 saturated carbocycles. The zero-order chi connectivity index (χ0) is 12.1. The Bertz CT molecular complexity index is 356. The van der Waals surface area contributed by atoms with Gasteiger partial charge in [0, 0.05) is 12.5 Å². The number of carbonyl (C=O) groups is 1. The summed E-state index contributed by atoms with van der Waals surface area (Å²) >= 11 is 0.668. The van der Waals surface area contributed by atoms with E-state index in [0.29, 0.717) is 17.8 Å². The molecule has 0 aliphatic carbocycles. The molecule has 5 nitrogen and oxygen atoms in total. The molecule has 0 aromatic carbocycles. The first-order chi connectivity index (χ1) is 7.49. The number of amides is 1. The third kappa shape index (κ3) is 4.15. The topological polar surface area (TPSA) is 80.9 Å². The van der Waals surface area contributed by atoms with E-state index in [0.717, 1.165) is 0 Å². The number of carbonyl (C=O) groups excluding carboxylic acids is 1. The SMILES string of the molecule is CC(N)CCC(=O)Nc1nnc(C(F)F)s1. The lowest BCUT2D eigenvalue weighted by molar-refractivity contribution is -0.116. The monoisotopic (exact) mass is 250 g/mol. The molecule has 8 heteroatoms. The van der Waals surface area contributed by atoms with Crippen LogP contribution in [0.15, 0.2) is 0 Å². The van der Waals surface area contributed by atoms with Gasteiger partial charge < -0.3 is 11.1 Å². The van der Waals surface area contributed by atoms with Crippen LogP contribution in [-0.4, -0.2) is 22.1 Å². The lowest BCUT2D eigenvalue weighted by Gasteiger charge is -2.03. The Balaban J connectivity index is 2.43. The number of alkyl halides is 2. The minimum absolute atomic E-state index is 0.0724. The summed E-state index contributed by atoms with van der Waals surface area (Å²) in [5.41, 5.74) is 5.47. The molecule has 90 valence electrons. The van der Waals surface area contributed by atoms with Gasteiger partial charge in [-0.3, -0.25) is 4.79 Å². The van der Waals surface area contributed by atoms with Crippen molar-refractivity contribution in [3.8, 4) is 0 Å². The maximum absolute atomic E-state index is 12.2. The summed E-state index contributed by atoms with van der Waals surface area (Å²) in [5, 5.41) is 8.75. The molecular weight excluding hydrogens is 238 g/mol. The van der Waals surface area contributed by atoms with Gasteiger partial charge in [-0.25, -0.2) is 8.78 Å². The smallest absolute Gasteiger partial charge is 0.291 e. The van der Waals surface area contributed by atoms with E-state index in [1.807, 2.05) is 0 Å². The largest absolute Gasteiger partial charge is 0.328 e. The molecule has 0 aliphatic rings. The molecule has 16 heavy (non-hydrogen) atoms. The minimum atomic E-state index is -2.66. The summed E-state index contributed by atoms with van der Waals surface area (Å²) in [6.07, 6.45) is -1.89. The van der Waals surface area contributed by atoms with Crippen LogP contribution in [0.3, 0.4) is 0 Å². The molecule has 1 heterocycles. The van der Waals surface area contributed by atoms with E-state index in [-0.39, 0.29) is 23.5 Å². The van der Waals surface area contributed by atoms with E-state index < -0.39 is 11.4 Å². The zero-order valence-corrected chi connectivity index (χ0v) is 9.43. The molecule has 3 N–H and O–H groups in total. The Morgan fingerprint density at radius 2 is 2.25 bits per heavy atom. The standard InChI is InChI=1S/C8H12F2N4OS/c1-4(11)2-3-5(15)12-8-14-13-7(16-8)6(9)10/h4,6H,2-3,11H2,1H3,(H,12,14,15). The molecule has 0 saturated heterocycles. The van der Waals surface area contributed by atoms with Crippen molar-refractivity contribution >= 4 is 22.4 Å². The van der Waals surface area contributed by atoms with Gasteiger partial charge >= 0.3 is 0 Å². The van der Waals surface area contributed by atoms with Crippen LogP contribution in [0.4, 0.5) is 13.9 Å². The number of nitrogens with two attached hydrogens (primary N) is 1. The van der Waals surface area contributed by atoms with Crippen molar-refractivity contribution < 1.29 is 13.6 Å². The Labute approximate surface area is 95.1 Å². The highest BCUT2D eigenvalue weighted by Crippen LogP contribution is 2.25. The molecule has 1 aromatic heterocycles. The summed E-state index contributed by atoms with van der Waals surface area (Å²) < 4.78 is 24.3. The number of halogens is 2. The van der Waals surface area contributed by atoms with Gasteiger partial charge in [0.05, 0.1) is 0 Å². The number of nitrogens with zero attached hydrogens (tertiary/aromatic N) is 2. The minimum Gasteiger partial charge on any atom is -0.328 e. The fourth-order valence-corrected chi connectivity index (χ4v) is 1.53. The molecule has 1 aromatic rings. The van der Waals surface area contributed by atoms with Crippen LogP contribution in [0.1, 0.15) is 31.2 Å². The maximum atomic E-state index is 12.2. The summed E-state index contributed by atoms with van der Waals surface area (Å²) in [7, 11) is 0. The number of hydrogen-bond acceptors (Lipinski definition) is 5. The molecule has 1 rings (SSSR count). The number of anilines is 1. The van der Waals surface area contributed by atoms with E-state index in [4.69, 9.17) is 5.73 Å². The lowest BCUT2D eigenvalue weighted by Crippen LogP contribution is -2.19. The van der Waals surface area contributed by atoms with Gasteiger partial charge in [-0.15, -0.1) is 10.2 Å². The Morgan fingerprint density at radius 1 is 1.56 bits per heavy atom. The third-order valence-electron chi connectivity index (χ3n) is 1.70. The van der Waals surface area contributed by atoms with Gasteiger partial charge in [-0.1, -0.05) is 11.3 Å². The van der Waals surface area contributed by atoms with Crippen molar-refractivity contribution in [2.45, 2.75) is 32.2 Å². The van der Waals surface area contributed by atoms with Crippen molar-refractivity contribution in [1.29, 1.82) is 0 Å². The highest BCUT2D eigenvalue weighted by atomic mass is 32.1. The average Bonchev–Trinajstić information content (AvgIpc) is 2.63. The molecule has 0 aliphatic heterocycles. The molecule has 0 spiro atoms. The first-order valence-electron chi connectivity index (χ1n) is 4.66. The Kier molecular flexibility index (Phi) is 4.69. The van der Waals surface area contributed by atoms with E-state index in [1.165, 1.54) is 0 Å². The number of hydrogen-bond donors (Lipinski definition) is 2. The van der Waals surface area contributed by atoms with Gasteiger partial charge in [-0.05, 0) is 13.3 Å². The Morgan fingerprint density at radius 3 is 2.75 bits per heavy atom. The van der Waals surface area contributed by atoms with Crippen LogP contribution in [0.2, 0.25) is 0 Å². The average molecular weight is 250 g/mol. The van der Waals surface area contributed by atoms with Crippen LogP contribution in [0.25, 0.3) is 0 Å². The maximum Gasteiger partial charge on any atom is 0.291 e. The molecule has 1 atom stereocenters. The second-order valence-corrected chi connectivity index (χ2v) is 4.32. The van der Waals surface area contributed by atoms with Crippen molar-refractivity contribution in [3.63, 3.8) is 0 Å². The van der Waals surface area contributed by atoms with Crippen molar-refractivity contribution in [2.75, 3.05) is 5.32 Å². The molecule has 0 bridgehead atoms. The Hall–Kier alpha value is -1.15. The van der Waals surface area contributed by atoms with Gasteiger partial charge in [0.25, 0.3) is 6.43 Å². The van der Waals surface area contributed by atoms with Gasteiger partial charge in [0.2, 0.25) is 11.0 Å². The lowest BCUT2D eigenvalue weighted by atomic mass is 10.2. The zero-order valence-electron chi connectivity index (χ0n) is 8.61. The molecule has 0 fully saturated rings. The normalized spacial score (nSPS) is 12.8. The summed E-state index contributed by atoms with van der Waals surface area (Å²) in [6, 6.07) is -0.0724. The van der Waals surface area contributed by atoms with Crippen LogP contribution in [0, 0.1) is 0 Å². The summed E-state index contributed by atoms with van der Waals surface area (Å²) in [5.74, 6) is -0.297. The van der Waals surface area contributed by atoms with Crippen LogP contribution in [0.5, 0.6) is 0 Å². The predicted molar refractivity (Wildman–Crippen MR) is 56.4 cm³/mol. The van der Waals surface area contributed by atoms with E-state index in [9.17, 15) is 13.6 Å². The fraction of sp³-hybridized carbons (Fsp3) is 0.625. The van der Waals surface area contributed by atoms with E-state index >= 15 is 0 Å². The first-order valence-corrected chi connectivity index (χ1v) is 5.47. The van der Waals surface area contributed by atoms with Gasteiger partial charge in [0.15, 0.2) is 5.01 Å². The van der Waals surface area contributed by atoms with E-state index in [1.54, 1.807) is 6.92 Å². The quantitative estimate of drug-likeness (QED) is 0.830. The predicted octanol–water partition coefficient (Wildman–Crippen LogP) is 1.54. The molecule has 1 amide bonds. The second-order valence-electron chi connectivity index (χ2n) is 3.31. The van der Waals surface area contributed by atoms with Gasteiger partial charge in [0.1, 0.15) is 0 Å². The third-order valence-corrected chi connectivity index (χ3v) is 2.55. The molecule has 0 radical (unpaired) electrons. The van der Waals surface area contributed by atoms with Crippen molar-refractivity contribution in [3.05, 3.63) is 5.01 Å². The number of nitrogens with one attached hydrogen (secondary N) is 1. The number of aromatic nitrogens is 2. The van der Waals surface area contributed by atoms with Gasteiger partial charge in [-0.2, -0.15) is 0 Å². The molecule has 1 unspecified atom stereocenters.